The van der Waals surface area contributed by atoms with Crippen molar-refractivity contribution < 1.29 is 19.4 Å². The van der Waals surface area contributed by atoms with Gasteiger partial charge in [0.05, 0.1) is 20.1 Å². The van der Waals surface area contributed by atoms with E-state index < -0.39 is 5.97 Å². The van der Waals surface area contributed by atoms with Gasteiger partial charge in [0.15, 0.2) is 11.5 Å². The average Bonchev–Trinajstić information content (AvgIpc) is 3.08. The molecule has 0 amide bonds. The Balaban J connectivity index is 2.21. The molecule has 0 saturated heterocycles. The molecule has 0 heterocycles. The van der Waals surface area contributed by atoms with Gasteiger partial charge in [-0.05, 0) is 30.0 Å². The molecule has 0 aromatic heterocycles. The molecule has 1 aromatic carbocycles. The van der Waals surface area contributed by atoms with Crippen LogP contribution in [-0.4, -0.2) is 25.3 Å². The van der Waals surface area contributed by atoms with Crippen molar-refractivity contribution in [2.45, 2.75) is 12.3 Å². The number of carboxylic acids is 1. The highest BCUT2D eigenvalue weighted by molar-refractivity contribution is 5.75. The number of benzene rings is 1. The van der Waals surface area contributed by atoms with Gasteiger partial charge in [-0.25, -0.2) is 0 Å². The lowest BCUT2D eigenvalue weighted by Crippen LogP contribution is -1.99. The third-order valence-electron chi connectivity index (χ3n) is 2.94. The predicted octanol–water partition coefficient (Wildman–Crippen LogP) is 1.89. The number of hydrogen-bond acceptors (Lipinski definition) is 3. The van der Waals surface area contributed by atoms with E-state index in [9.17, 15) is 4.79 Å². The van der Waals surface area contributed by atoms with E-state index in [1.807, 2.05) is 18.2 Å². The zero-order valence-electron chi connectivity index (χ0n) is 9.27. The summed E-state index contributed by atoms with van der Waals surface area (Å²) in [7, 11) is 3.15. The molecule has 2 atom stereocenters. The van der Waals surface area contributed by atoms with Crippen molar-refractivity contribution in [2.24, 2.45) is 5.92 Å². The summed E-state index contributed by atoms with van der Waals surface area (Å²) < 4.78 is 10.3. The standard InChI is InChI=1S/C12H14O4/c1-15-10-4-3-7(5-11(10)16-2)8-6-9(8)12(13)14/h3-5,8-9H,6H2,1-2H3,(H,13,14)/t8-,9+/m0/s1. The molecule has 0 radical (unpaired) electrons. The third kappa shape index (κ3) is 1.83. The van der Waals surface area contributed by atoms with E-state index in [1.54, 1.807) is 14.2 Å². The van der Waals surface area contributed by atoms with Crippen LogP contribution in [0.4, 0.5) is 0 Å². The van der Waals surface area contributed by atoms with Gasteiger partial charge in [-0.3, -0.25) is 4.79 Å². The number of rotatable bonds is 4. The molecule has 86 valence electrons. The summed E-state index contributed by atoms with van der Waals surface area (Å²) in [6, 6.07) is 5.56. The number of ether oxygens (including phenoxy) is 2. The summed E-state index contributed by atoms with van der Waals surface area (Å²) in [6.45, 7) is 0. The monoisotopic (exact) mass is 222 g/mol. The predicted molar refractivity (Wildman–Crippen MR) is 58.0 cm³/mol. The van der Waals surface area contributed by atoms with E-state index in [0.717, 1.165) is 5.56 Å². The zero-order valence-corrected chi connectivity index (χ0v) is 9.27. The van der Waals surface area contributed by atoms with Crippen LogP contribution >= 0.6 is 0 Å². The second kappa shape index (κ2) is 4.04. The van der Waals surface area contributed by atoms with Crippen LogP contribution in [0.15, 0.2) is 18.2 Å². The number of methoxy groups -OCH3 is 2. The first-order valence-corrected chi connectivity index (χ1v) is 5.12. The van der Waals surface area contributed by atoms with Crippen LogP contribution in [-0.2, 0) is 4.79 Å². The smallest absolute Gasteiger partial charge is 0.307 e. The largest absolute Gasteiger partial charge is 0.493 e. The van der Waals surface area contributed by atoms with E-state index in [0.29, 0.717) is 17.9 Å². The van der Waals surface area contributed by atoms with Gasteiger partial charge < -0.3 is 14.6 Å². The molecule has 0 aliphatic heterocycles. The van der Waals surface area contributed by atoms with Gasteiger partial charge in [0.1, 0.15) is 0 Å². The molecule has 0 spiro atoms. The van der Waals surface area contributed by atoms with Crippen molar-refractivity contribution in [3.63, 3.8) is 0 Å². The van der Waals surface area contributed by atoms with Crippen molar-refractivity contribution in [3.05, 3.63) is 23.8 Å². The van der Waals surface area contributed by atoms with E-state index >= 15 is 0 Å². The zero-order chi connectivity index (χ0) is 11.7. The minimum absolute atomic E-state index is 0.123. The topological polar surface area (TPSA) is 55.8 Å². The molecule has 1 aromatic rings. The van der Waals surface area contributed by atoms with Crippen LogP contribution in [0.5, 0.6) is 11.5 Å². The Morgan fingerprint density at radius 1 is 1.31 bits per heavy atom. The first-order chi connectivity index (χ1) is 7.67. The summed E-state index contributed by atoms with van der Waals surface area (Å²) in [4.78, 5) is 10.8. The van der Waals surface area contributed by atoms with Crippen molar-refractivity contribution in [1.29, 1.82) is 0 Å². The van der Waals surface area contributed by atoms with Crippen LogP contribution in [0.1, 0.15) is 17.9 Å². The maximum absolute atomic E-state index is 10.8. The summed E-state index contributed by atoms with van der Waals surface area (Å²) >= 11 is 0. The summed E-state index contributed by atoms with van der Waals surface area (Å²) in [6.07, 6.45) is 0.713. The maximum atomic E-state index is 10.8. The van der Waals surface area contributed by atoms with Gasteiger partial charge in [0, 0.05) is 0 Å². The van der Waals surface area contributed by atoms with E-state index in [-0.39, 0.29) is 11.8 Å². The third-order valence-corrected chi connectivity index (χ3v) is 2.94. The molecular formula is C12H14O4. The van der Waals surface area contributed by atoms with Gasteiger partial charge in [-0.1, -0.05) is 6.07 Å². The number of hydrogen-bond donors (Lipinski definition) is 1. The highest BCUT2D eigenvalue weighted by atomic mass is 16.5. The summed E-state index contributed by atoms with van der Waals surface area (Å²) in [5.74, 6) is 0.477. The lowest BCUT2D eigenvalue weighted by Gasteiger charge is -2.08. The fourth-order valence-electron chi connectivity index (χ4n) is 1.92. The molecule has 4 nitrogen and oxygen atoms in total. The fraction of sp³-hybridized carbons (Fsp3) is 0.417. The highest BCUT2D eigenvalue weighted by Gasteiger charge is 2.44. The molecule has 0 unspecified atom stereocenters. The Kier molecular flexibility index (Phi) is 2.73. The van der Waals surface area contributed by atoms with Crippen LogP contribution in [0.3, 0.4) is 0 Å². The lowest BCUT2D eigenvalue weighted by atomic mass is 10.1. The second-order valence-electron chi connectivity index (χ2n) is 3.90. The lowest BCUT2D eigenvalue weighted by molar-refractivity contribution is -0.138. The Morgan fingerprint density at radius 3 is 2.50 bits per heavy atom. The first-order valence-electron chi connectivity index (χ1n) is 5.12. The van der Waals surface area contributed by atoms with E-state index in [1.165, 1.54) is 0 Å². The van der Waals surface area contributed by atoms with Gasteiger partial charge in [-0.15, -0.1) is 0 Å². The second-order valence-corrected chi connectivity index (χ2v) is 3.90. The fourth-order valence-corrected chi connectivity index (χ4v) is 1.92. The molecule has 1 N–H and O–H groups in total. The molecule has 4 heteroatoms. The van der Waals surface area contributed by atoms with Crippen LogP contribution in [0, 0.1) is 5.92 Å². The van der Waals surface area contributed by atoms with Crippen molar-refractivity contribution >= 4 is 5.97 Å². The van der Waals surface area contributed by atoms with Crippen LogP contribution in [0.2, 0.25) is 0 Å². The Hall–Kier alpha value is -1.71. The van der Waals surface area contributed by atoms with Crippen LogP contribution in [0.25, 0.3) is 0 Å². The number of carbonyl (C=O) groups is 1. The molecule has 0 bridgehead atoms. The molecule has 1 aliphatic rings. The molecule has 1 fully saturated rings. The summed E-state index contributed by atoms with van der Waals surface area (Å²) in [5, 5.41) is 8.86. The van der Waals surface area contributed by atoms with Crippen molar-refractivity contribution in [2.75, 3.05) is 14.2 Å². The van der Waals surface area contributed by atoms with Crippen LogP contribution < -0.4 is 9.47 Å². The summed E-state index contributed by atoms with van der Waals surface area (Å²) in [5.41, 5.74) is 1.00. The minimum atomic E-state index is -0.722. The van der Waals surface area contributed by atoms with Gasteiger partial charge in [0.25, 0.3) is 0 Å². The maximum Gasteiger partial charge on any atom is 0.307 e. The normalized spacial score (nSPS) is 22.6. The van der Waals surface area contributed by atoms with Gasteiger partial charge >= 0.3 is 5.97 Å². The SMILES string of the molecule is COc1ccc([C@@H]2C[C@H]2C(=O)O)cc1OC. The van der Waals surface area contributed by atoms with Gasteiger partial charge in [-0.2, -0.15) is 0 Å². The Morgan fingerprint density at radius 2 is 2.00 bits per heavy atom. The molecule has 16 heavy (non-hydrogen) atoms. The van der Waals surface area contributed by atoms with Crippen molar-refractivity contribution in [3.8, 4) is 11.5 Å². The van der Waals surface area contributed by atoms with Crippen molar-refractivity contribution in [1.82, 2.24) is 0 Å². The van der Waals surface area contributed by atoms with Gasteiger partial charge in [0.2, 0.25) is 0 Å². The highest BCUT2D eigenvalue weighted by Crippen LogP contribution is 2.49. The molecule has 2 rings (SSSR count). The van der Waals surface area contributed by atoms with E-state index in [4.69, 9.17) is 14.6 Å². The quantitative estimate of drug-likeness (QED) is 0.845. The number of carboxylic acid groups (broad SMARTS) is 1. The molecule has 1 saturated carbocycles. The van der Waals surface area contributed by atoms with E-state index in [2.05, 4.69) is 0 Å². The minimum Gasteiger partial charge on any atom is -0.493 e. The first kappa shape index (κ1) is 10.8. The average molecular weight is 222 g/mol. The molecular weight excluding hydrogens is 208 g/mol. The Bertz CT molecular complexity index is 413. The Labute approximate surface area is 93.8 Å². The number of aliphatic carboxylic acids is 1. The molecule has 1 aliphatic carbocycles.